The molecule has 16 heavy (non-hydrogen) atoms. The topological polar surface area (TPSA) is 20.2 Å². The molecular weight excluding hydrogens is 196 g/mol. The summed E-state index contributed by atoms with van der Waals surface area (Å²) < 4.78 is 0. The van der Waals surface area contributed by atoms with E-state index in [0.717, 1.165) is 5.56 Å². The molecule has 1 heteroatoms. The maximum Gasteiger partial charge on any atom is 0.115 e. The van der Waals surface area contributed by atoms with Gasteiger partial charge in [0.1, 0.15) is 5.75 Å². The van der Waals surface area contributed by atoms with Crippen LogP contribution >= 0.6 is 0 Å². The van der Waals surface area contributed by atoms with Crippen LogP contribution in [-0.2, 0) is 0 Å². The molecule has 1 N–H and O–H groups in total. The van der Waals surface area contributed by atoms with E-state index in [4.69, 9.17) is 0 Å². The molecule has 0 aliphatic heterocycles. The number of hydrogen-bond donors (Lipinski definition) is 1. The van der Waals surface area contributed by atoms with E-state index in [1.165, 1.54) is 11.1 Å². The zero-order valence-corrected chi connectivity index (χ0v) is 9.22. The Morgan fingerprint density at radius 3 is 2.19 bits per heavy atom. The first-order valence-corrected chi connectivity index (χ1v) is 5.28. The van der Waals surface area contributed by atoms with Gasteiger partial charge in [-0.3, -0.25) is 0 Å². The molecule has 0 bridgehead atoms. The fraction of sp³-hybridized carbons (Fsp3) is 0.0667. The van der Waals surface area contributed by atoms with Crippen molar-refractivity contribution in [3.8, 4) is 5.75 Å². The molecule has 2 rings (SSSR count). The highest BCUT2D eigenvalue weighted by molar-refractivity contribution is 5.80. The Kier molecular flexibility index (Phi) is 3.06. The van der Waals surface area contributed by atoms with E-state index in [-0.39, 0.29) is 0 Å². The summed E-state index contributed by atoms with van der Waals surface area (Å²) in [5.74, 6) is 0.300. The summed E-state index contributed by atoms with van der Waals surface area (Å²) in [6, 6.07) is 17.5. The van der Waals surface area contributed by atoms with Crippen molar-refractivity contribution in [2.75, 3.05) is 0 Å². The average Bonchev–Trinajstić information content (AvgIpc) is 2.33. The summed E-state index contributed by atoms with van der Waals surface area (Å²) in [4.78, 5) is 0. The molecule has 0 heterocycles. The zero-order valence-electron chi connectivity index (χ0n) is 9.22. The molecule has 0 aromatic heterocycles. The summed E-state index contributed by atoms with van der Waals surface area (Å²) in [7, 11) is 0. The molecule has 0 unspecified atom stereocenters. The Morgan fingerprint density at radius 1 is 0.938 bits per heavy atom. The molecule has 1 nitrogen and oxygen atoms in total. The number of allylic oxidation sites excluding steroid dienone is 1. The van der Waals surface area contributed by atoms with Crippen LogP contribution in [0.5, 0.6) is 5.75 Å². The van der Waals surface area contributed by atoms with Crippen molar-refractivity contribution in [3.05, 3.63) is 65.7 Å². The Morgan fingerprint density at radius 2 is 1.56 bits per heavy atom. The van der Waals surface area contributed by atoms with Crippen molar-refractivity contribution in [2.24, 2.45) is 0 Å². The second-order valence-electron chi connectivity index (χ2n) is 3.78. The number of phenolic OH excluding ortho intramolecular Hbond substituents is 1. The fourth-order valence-corrected chi connectivity index (χ4v) is 1.60. The Bertz CT molecular complexity index is 481. The van der Waals surface area contributed by atoms with Gasteiger partial charge in [0.2, 0.25) is 0 Å². The van der Waals surface area contributed by atoms with Gasteiger partial charge in [0.15, 0.2) is 0 Å². The SMILES string of the molecule is CC(=Cc1ccc(O)cc1)c1ccccc1. The van der Waals surface area contributed by atoms with Gasteiger partial charge in [0, 0.05) is 0 Å². The normalized spacial score (nSPS) is 11.4. The van der Waals surface area contributed by atoms with Crippen LogP contribution in [0.3, 0.4) is 0 Å². The van der Waals surface area contributed by atoms with Crippen molar-refractivity contribution in [3.63, 3.8) is 0 Å². The van der Waals surface area contributed by atoms with Crippen molar-refractivity contribution in [2.45, 2.75) is 6.92 Å². The Labute approximate surface area is 95.7 Å². The lowest BCUT2D eigenvalue weighted by Crippen LogP contribution is -1.78. The van der Waals surface area contributed by atoms with E-state index < -0.39 is 0 Å². The van der Waals surface area contributed by atoms with Crippen LogP contribution in [0.4, 0.5) is 0 Å². The third-order valence-electron chi connectivity index (χ3n) is 2.51. The smallest absolute Gasteiger partial charge is 0.115 e. The zero-order chi connectivity index (χ0) is 11.4. The minimum atomic E-state index is 0.300. The van der Waals surface area contributed by atoms with Gasteiger partial charge in [-0.2, -0.15) is 0 Å². The summed E-state index contributed by atoms with van der Waals surface area (Å²) in [5.41, 5.74) is 3.53. The van der Waals surface area contributed by atoms with Gasteiger partial charge in [-0.25, -0.2) is 0 Å². The second kappa shape index (κ2) is 4.67. The number of aromatic hydroxyl groups is 1. The maximum absolute atomic E-state index is 9.19. The van der Waals surface area contributed by atoms with Crippen molar-refractivity contribution in [1.29, 1.82) is 0 Å². The molecule has 0 saturated carbocycles. The Balaban J connectivity index is 2.28. The minimum Gasteiger partial charge on any atom is -0.508 e. The van der Waals surface area contributed by atoms with Gasteiger partial charge in [-0.15, -0.1) is 0 Å². The van der Waals surface area contributed by atoms with Crippen molar-refractivity contribution < 1.29 is 5.11 Å². The van der Waals surface area contributed by atoms with E-state index in [0.29, 0.717) is 5.75 Å². The molecule has 0 aliphatic rings. The summed E-state index contributed by atoms with van der Waals surface area (Å²) in [5, 5.41) is 9.19. The number of rotatable bonds is 2. The average molecular weight is 210 g/mol. The van der Waals surface area contributed by atoms with Gasteiger partial charge in [0.25, 0.3) is 0 Å². The second-order valence-corrected chi connectivity index (χ2v) is 3.78. The lowest BCUT2D eigenvalue weighted by molar-refractivity contribution is 0.475. The van der Waals surface area contributed by atoms with E-state index in [1.54, 1.807) is 12.1 Å². The minimum absolute atomic E-state index is 0.300. The van der Waals surface area contributed by atoms with E-state index in [1.807, 2.05) is 30.3 Å². The van der Waals surface area contributed by atoms with Crippen molar-refractivity contribution in [1.82, 2.24) is 0 Å². The van der Waals surface area contributed by atoms with E-state index >= 15 is 0 Å². The Hall–Kier alpha value is -2.02. The van der Waals surface area contributed by atoms with Crippen LogP contribution in [0.15, 0.2) is 54.6 Å². The number of benzene rings is 2. The molecule has 0 aliphatic carbocycles. The van der Waals surface area contributed by atoms with Crippen LogP contribution in [0.25, 0.3) is 11.6 Å². The van der Waals surface area contributed by atoms with Crippen LogP contribution in [0.2, 0.25) is 0 Å². The third-order valence-corrected chi connectivity index (χ3v) is 2.51. The van der Waals surface area contributed by atoms with Crippen molar-refractivity contribution >= 4 is 11.6 Å². The molecule has 0 radical (unpaired) electrons. The highest BCUT2D eigenvalue weighted by Gasteiger charge is 1.95. The number of phenols is 1. The quantitative estimate of drug-likeness (QED) is 0.744. The summed E-state index contributed by atoms with van der Waals surface area (Å²) in [6.07, 6.45) is 2.11. The molecule has 0 atom stereocenters. The molecule has 2 aromatic rings. The largest absolute Gasteiger partial charge is 0.508 e. The van der Waals surface area contributed by atoms with Gasteiger partial charge in [0.05, 0.1) is 0 Å². The lowest BCUT2D eigenvalue weighted by Gasteiger charge is -2.01. The highest BCUT2D eigenvalue weighted by atomic mass is 16.3. The van der Waals surface area contributed by atoms with Crippen LogP contribution in [-0.4, -0.2) is 5.11 Å². The predicted molar refractivity (Wildman–Crippen MR) is 68.1 cm³/mol. The van der Waals surface area contributed by atoms with Gasteiger partial charge in [-0.1, -0.05) is 48.5 Å². The third kappa shape index (κ3) is 2.51. The molecular formula is C15H14O. The standard InChI is InChI=1S/C15H14O/c1-12(14-5-3-2-4-6-14)11-13-7-9-15(16)10-8-13/h2-11,16H,1H3. The molecule has 0 amide bonds. The molecule has 0 fully saturated rings. The van der Waals surface area contributed by atoms with Gasteiger partial charge >= 0.3 is 0 Å². The van der Waals surface area contributed by atoms with E-state index in [2.05, 4.69) is 25.1 Å². The fourth-order valence-electron chi connectivity index (χ4n) is 1.60. The number of hydrogen-bond acceptors (Lipinski definition) is 1. The summed E-state index contributed by atoms with van der Waals surface area (Å²) >= 11 is 0. The monoisotopic (exact) mass is 210 g/mol. The first kappa shape index (κ1) is 10.5. The first-order chi connectivity index (χ1) is 7.75. The molecule has 2 aromatic carbocycles. The molecule has 0 saturated heterocycles. The van der Waals surface area contributed by atoms with Crippen LogP contribution < -0.4 is 0 Å². The van der Waals surface area contributed by atoms with Gasteiger partial charge in [-0.05, 0) is 35.8 Å². The van der Waals surface area contributed by atoms with Crippen LogP contribution in [0.1, 0.15) is 18.1 Å². The van der Waals surface area contributed by atoms with E-state index in [9.17, 15) is 5.11 Å². The predicted octanol–water partition coefficient (Wildman–Crippen LogP) is 3.95. The molecule has 80 valence electrons. The summed E-state index contributed by atoms with van der Waals surface area (Å²) in [6.45, 7) is 2.09. The van der Waals surface area contributed by atoms with Gasteiger partial charge < -0.3 is 5.11 Å². The first-order valence-electron chi connectivity index (χ1n) is 5.28. The van der Waals surface area contributed by atoms with Crippen LogP contribution in [0, 0.1) is 0 Å². The maximum atomic E-state index is 9.19. The lowest BCUT2D eigenvalue weighted by atomic mass is 10.0. The molecule has 0 spiro atoms. The highest BCUT2D eigenvalue weighted by Crippen LogP contribution is 2.18.